The molecule has 0 fully saturated rings. The first kappa shape index (κ1) is 18.1. The van der Waals surface area contributed by atoms with Crippen molar-refractivity contribution in [3.05, 3.63) is 53.1 Å². The minimum Gasteiger partial charge on any atom is -0.493 e. The summed E-state index contributed by atoms with van der Waals surface area (Å²) >= 11 is 0. The van der Waals surface area contributed by atoms with Crippen molar-refractivity contribution in [1.82, 2.24) is 10.6 Å². The predicted molar refractivity (Wildman–Crippen MR) is 98.7 cm³/mol. The van der Waals surface area contributed by atoms with Crippen LogP contribution in [0.4, 0.5) is 0 Å². The van der Waals surface area contributed by atoms with Gasteiger partial charge in [0.15, 0.2) is 11.5 Å². The molecule has 26 heavy (non-hydrogen) atoms. The van der Waals surface area contributed by atoms with Crippen LogP contribution in [0.15, 0.2) is 36.4 Å². The fourth-order valence-electron chi connectivity index (χ4n) is 2.80. The van der Waals surface area contributed by atoms with Crippen LogP contribution in [-0.2, 0) is 13.1 Å². The van der Waals surface area contributed by atoms with Crippen LogP contribution in [0.2, 0.25) is 0 Å². The Bertz CT molecular complexity index is 776. The molecule has 0 unspecified atom stereocenters. The second-order valence-electron chi connectivity index (χ2n) is 6.09. The van der Waals surface area contributed by atoms with E-state index in [4.69, 9.17) is 14.2 Å². The number of carbonyl (C=O) groups excluding carboxylic acids is 1. The lowest BCUT2D eigenvalue weighted by molar-refractivity contribution is 0.0953. The fourth-order valence-corrected chi connectivity index (χ4v) is 2.80. The van der Waals surface area contributed by atoms with Crippen molar-refractivity contribution in [3.63, 3.8) is 0 Å². The summed E-state index contributed by atoms with van der Waals surface area (Å²) in [5.41, 5.74) is 2.78. The number of rotatable bonds is 8. The second-order valence-corrected chi connectivity index (χ2v) is 6.09. The van der Waals surface area contributed by atoms with Gasteiger partial charge in [0, 0.05) is 25.2 Å². The lowest BCUT2D eigenvalue weighted by Crippen LogP contribution is -2.24. The molecule has 6 heteroatoms. The Morgan fingerprint density at radius 3 is 2.81 bits per heavy atom. The number of benzene rings is 2. The van der Waals surface area contributed by atoms with Gasteiger partial charge in [-0.05, 0) is 41.8 Å². The summed E-state index contributed by atoms with van der Waals surface area (Å²) in [5.74, 6) is 2.00. The molecule has 3 rings (SSSR count). The average molecular weight is 356 g/mol. The van der Waals surface area contributed by atoms with E-state index in [1.54, 1.807) is 7.11 Å². The van der Waals surface area contributed by atoms with E-state index in [0.29, 0.717) is 42.4 Å². The standard InChI is InChI=1S/C20H24N2O4/c1-3-7-22-20(23)16-6-4-5-14(8-16)11-21-12-15-9-17(24-2)19-18(10-15)25-13-26-19/h4-6,8-10,21H,3,7,11-13H2,1-2H3,(H,22,23). The molecule has 6 nitrogen and oxygen atoms in total. The summed E-state index contributed by atoms with van der Waals surface area (Å²) < 4.78 is 16.2. The van der Waals surface area contributed by atoms with Gasteiger partial charge in [-0.2, -0.15) is 0 Å². The van der Waals surface area contributed by atoms with Crippen LogP contribution in [0.25, 0.3) is 0 Å². The number of hydrogen-bond acceptors (Lipinski definition) is 5. The van der Waals surface area contributed by atoms with Crippen LogP contribution in [0.5, 0.6) is 17.2 Å². The van der Waals surface area contributed by atoms with Crippen LogP contribution in [0, 0.1) is 0 Å². The maximum Gasteiger partial charge on any atom is 0.251 e. The van der Waals surface area contributed by atoms with Gasteiger partial charge in [0.25, 0.3) is 5.91 Å². The van der Waals surface area contributed by atoms with Gasteiger partial charge in [-0.25, -0.2) is 0 Å². The molecular formula is C20H24N2O4. The van der Waals surface area contributed by atoms with Gasteiger partial charge in [0.05, 0.1) is 7.11 Å². The summed E-state index contributed by atoms with van der Waals surface area (Å²) in [6.45, 7) is 4.25. The molecule has 0 atom stereocenters. The summed E-state index contributed by atoms with van der Waals surface area (Å²) in [5, 5.41) is 6.28. The Labute approximate surface area is 153 Å². The van der Waals surface area contributed by atoms with Gasteiger partial charge in [0.2, 0.25) is 12.5 Å². The zero-order valence-electron chi connectivity index (χ0n) is 15.1. The quantitative estimate of drug-likeness (QED) is 0.761. The highest BCUT2D eigenvalue weighted by Gasteiger charge is 2.19. The summed E-state index contributed by atoms with van der Waals surface area (Å²) in [4.78, 5) is 12.1. The molecule has 0 aliphatic carbocycles. The number of amides is 1. The number of ether oxygens (including phenoxy) is 3. The van der Waals surface area contributed by atoms with Gasteiger partial charge in [0.1, 0.15) is 0 Å². The Hall–Kier alpha value is -2.73. The van der Waals surface area contributed by atoms with E-state index in [1.807, 2.05) is 43.3 Å². The highest BCUT2D eigenvalue weighted by atomic mass is 16.7. The number of carbonyl (C=O) groups is 1. The van der Waals surface area contributed by atoms with E-state index in [-0.39, 0.29) is 12.7 Å². The zero-order chi connectivity index (χ0) is 18.4. The molecule has 2 aromatic rings. The van der Waals surface area contributed by atoms with E-state index in [0.717, 1.165) is 17.5 Å². The topological polar surface area (TPSA) is 68.8 Å². The van der Waals surface area contributed by atoms with E-state index in [9.17, 15) is 4.79 Å². The van der Waals surface area contributed by atoms with Crippen LogP contribution in [0.3, 0.4) is 0 Å². The first-order valence-corrected chi connectivity index (χ1v) is 8.75. The third kappa shape index (κ3) is 4.26. The molecule has 1 heterocycles. The SMILES string of the molecule is CCCNC(=O)c1cccc(CNCc2cc(OC)c3c(c2)OCO3)c1. The van der Waals surface area contributed by atoms with E-state index in [2.05, 4.69) is 10.6 Å². The number of fused-ring (bicyclic) bond motifs is 1. The van der Waals surface area contributed by atoms with Crippen molar-refractivity contribution >= 4 is 5.91 Å². The van der Waals surface area contributed by atoms with Gasteiger partial charge in [-0.1, -0.05) is 19.1 Å². The zero-order valence-corrected chi connectivity index (χ0v) is 15.1. The lowest BCUT2D eigenvalue weighted by Gasteiger charge is -2.10. The maximum atomic E-state index is 12.1. The van der Waals surface area contributed by atoms with Crippen LogP contribution >= 0.6 is 0 Å². The molecule has 2 N–H and O–H groups in total. The molecule has 0 aromatic heterocycles. The Morgan fingerprint density at radius 1 is 1.15 bits per heavy atom. The van der Waals surface area contributed by atoms with Crippen molar-refractivity contribution in [2.75, 3.05) is 20.4 Å². The Balaban J connectivity index is 1.59. The van der Waals surface area contributed by atoms with Crippen LogP contribution in [0.1, 0.15) is 34.8 Å². The average Bonchev–Trinajstić information content (AvgIpc) is 3.14. The maximum absolute atomic E-state index is 12.1. The van der Waals surface area contributed by atoms with Crippen molar-refractivity contribution in [2.45, 2.75) is 26.4 Å². The highest BCUT2D eigenvalue weighted by molar-refractivity contribution is 5.94. The molecule has 0 radical (unpaired) electrons. The highest BCUT2D eigenvalue weighted by Crippen LogP contribution is 2.41. The van der Waals surface area contributed by atoms with Gasteiger partial charge in [-0.15, -0.1) is 0 Å². The molecule has 0 saturated carbocycles. The Kier molecular flexibility index (Phi) is 5.96. The summed E-state index contributed by atoms with van der Waals surface area (Å²) in [6, 6.07) is 11.5. The third-order valence-corrected chi connectivity index (χ3v) is 4.10. The second kappa shape index (κ2) is 8.58. The van der Waals surface area contributed by atoms with Crippen molar-refractivity contribution < 1.29 is 19.0 Å². The Morgan fingerprint density at radius 2 is 2.00 bits per heavy atom. The summed E-state index contributed by atoms with van der Waals surface area (Å²) in [7, 11) is 1.61. The van der Waals surface area contributed by atoms with E-state index >= 15 is 0 Å². The minimum atomic E-state index is -0.0331. The predicted octanol–water partition coefficient (Wildman–Crippen LogP) is 2.85. The molecule has 0 spiro atoms. The summed E-state index contributed by atoms with van der Waals surface area (Å²) in [6.07, 6.45) is 0.923. The van der Waals surface area contributed by atoms with Crippen molar-refractivity contribution in [3.8, 4) is 17.2 Å². The first-order chi connectivity index (χ1) is 12.7. The van der Waals surface area contributed by atoms with Gasteiger partial charge >= 0.3 is 0 Å². The van der Waals surface area contributed by atoms with Crippen molar-refractivity contribution in [1.29, 1.82) is 0 Å². The molecule has 0 saturated heterocycles. The van der Waals surface area contributed by atoms with Crippen LogP contribution in [-0.4, -0.2) is 26.4 Å². The first-order valence-electron chi connectivity index (χ1n) is 8.75. The minimum absolute atomic E-state index is 0.0331. The molecule has 1 aliphatic rings. The molecule has 1 amide bonds. The van der Waals surface area contributed by atoms with Gasteiger partial charge < -0.3 is 24.8 Å². The van der Waals surface area contributed by atoms with Crippen molar-refractivity contribution in [2.24, 2.45) is 0 Å². The lowest BCUT2D eigenvalue weighted by atomic mass is 10.1. The molecule has 138 valence electrons. The van der Waals surface area contributed by atoms with Crippen LogP contribution < -0.4 is 24.8 Å². The smallest absolute Gasteiger partial charge is 0.251 e. The molecular weight excluding hydrogens is 332 g/mol. The van der Waals surface area contributed by atoms with E-state index in [1.165, 1.54) is 0 Å². The largest absolute Gasteiger partial charge is 0.493 e. The third-order valence-electron chi connectivity index (χ3n) is 4.10. The monoisotopic (exact) mass is 356 g/mol. The number of nitrogens with one attached hydrogen (secondary N) is 2. The fraction of sp³-hybridized carbons (Fsp3) is 0.350. The molecule has 1 aliphatic heterocycles. The normalized spacial score (nSPS) is 12.1. The van der Waals surface area contributed by atoms with E-state index < -0.39 is 0 Å². The molecule has 2 aromatic carbocycles. The number of hydrogen-bond donors (Lipinski definition) is 2. The number of methoxy groups -OCH3 is 1. The molecule has 0 bridgehead atoms. The van der Waals surface area contributed by atoms with Gasteiger partial charge in [-0.3, -0.25) is 4.79 Å².